The third-order valence-electron chi connectivity index (χ3n) is 2.33. The summed E-state index contributed by atoms with van der Waals surface area (Å²) in [5, 5.41) is 0. The molecule has 0 heterocycles. The van der Waals surface area contributed by atoms with Crippen LogP contribution in [0.4, 0.5) is 5.69 Å². The number of anilines is 1. The minimum atomic E-state index is -3.50. The van der Waals surface area contributed by atoms with E-state index in [4.69, 9.17) is 5.73 Å². The minimum Gasteiger partial charge on any atom is -0.398 e. The molecule has 1 amide bonds. The molecule has 0 saturated carbocycles. The number of halogens is 1. The van der Waals surface area contributed by atoms with Crippen molar-refractivity contribution < 1.29 is 13.2 Å². The molecule has 0 aromatic heterocycles. The van der Waals surface area contributed by atoms with E-state index in [1.807, 2.05) is 0 Å². The zero-order chi connectivity index (χ0) is 13.9. The number of amides is 1. The normalized spacial score (nSPS) is 11.3. The summed E-state index contributed by atoms with van der Waals surface area (Å²) in [6.07, 6.45) is 0. The molecule has 5 nitrogen and oxygen atoms in total. The van der Waals surface area contributed by atoms with Crippen molar-refractivity contribution in [2.24, 2.45) is 0 Å². The van der Waals surface area contributed by atoms with Crippen molar-refractivity contribution in [3.8, 4) is 0 Å². The van der Waals surface area contributed by atoms with Gasteiger partial charge in [0.1, 0.15) is 5.75 Å². The topological polar surface area (TPSA) is 80.5 Å². The second kappa shape index (κ2) is 5.71. The maximum Gasteiger partial charge on any atom is 0.237 e. The van der Waals surface area contributed by atoms with Crippen molar-refractivity contribution in [1.29, 1.82) is 0 Å². The molecule has 0 spiro atoms. The maximum atomic E-state index is 11.8. The summed E-state index contributed by atoms with van der Waals surface area (Å²) < 4.78 is 24.5. The van der Waals surface area contributed by atoms with E-state index in [1.165, 1.54) is 19.0 Å². The van der Waals surface area contributed by atoms with Gasteiger partial charge >= 0.3 is 0 Å². The van der Waals surface area contributed by atoms with Crippen molar-refractivity contribution in [2.75, 3.05) is 25.6 Å². The highest BCUT2D eigenvalue weighted by Gasteiger charge is 2.19. The molecule has 0 radical (unpaired) electrons. The minimum absolute atomic E-state index is 0.230. The number of hydrogen-bond acceptors (Lipinski definition) is 4. The summed E-state index contributed by atoms with van der Waals surface area (Å²) in [6.45, 7) is 0. The number of rotatable bonds is 4. The number of nitrogen functional groups attached to an aromatic ring is 1. The maximum absolute atomic E-state index is 11.8. The molecule has 0 atom stereocenters. The number of sulfone groups is 1. The van der Waals surface area contributed by atoms with Gasteiger partial charge < -0.3 is 10.6 Å². The number of nitrogens with two attached hydrogens (primary N) is 1. The largest absolute Gasteiger partial charge is 0.398 e. The van der Waals surface area contributed by atoms with Gasteiger partial charge in [0, 0.05) is 24.3 Å². The summed E-state index contributed by atoms with van der Waals surface area (Å²) >= 11 is 3.25. The van der Waals surface area contributed by atoms with Crippen LogP contribution >= 0.6 is 15.9 Å². The Labute approximate surface area is 115 Å². The Morgan fingerprint density at radius 3 is 2.50 bits per heavy atom. The van der Waals surface area contributed by atoms with Crippen LogP contribution in [-0.2, 0) is 20.4 Å². The highest BCUT2D eigenvalue weighted by molar-refractivity contribution is 9.10. The zero-order valence-corrected chi connectivity index (χ0v) is 12.6. The molecule has 7 heteroatoms. The molecule has 0 fully saturated rings. The Hall–Kier alpha value is -1.08. The van der Waals surface area contributed by atoms with Crippen LogP contribution in [0.3, 0.4) is 0 Å². The monoisotopic (exact) mass is 334 g/mol. The zero-order valence-electron chi connectivity index (χ0n) is 10.2. The van der Waals surface area contributed by atoms with Gasteiger partial charge in [-0.05, 0) is 17.7 Å². The molecule has 1 aromatic carbocycles. The van der Waals surface area contributed by atoms with Crippen molar-refractivity contribution in [2.45, 2.75) is 5.75 Å². The Kier molecular flexibility index (Phi) is 4.75. The van der Waals surface area contributed by atoms with Crippen LogP contribution in [0.2, 0.25) is 0 Å². The quantitative estimate of drug-likeness (QED) is 0.834. The molecule has 0 aliphatic rings. The predicted octanol–water partition coefficient (Wildman–Crippen LogP) is 1.03. The Balaban J connectivity index is 2.86. The van der Waals surface area contributed by atoms with E-state index in [1.54, 1.807) is 18.2 Å². The third kappa shape index (κ3) is 4.30. The van der Waals surface area contributed by atoms with Crippen LogP contribution in [0, 0.1) is 0 Å². The van der Waals surface area contributed by atoms with Gasteiger partial charge in [-0.15, -0.1) is 0 Å². The summed E-state index contributed by atoms with van der Waals surface area (Å²) in [6, 6.07) is 4.99. The standard InChI is InChI=1S/C11H15BrN2O3S/c1-14(2)11(15)7-18(16,17)6-8-3-4-9(12)5-10(8)13/h3-5H,6-7,13H2,1-2H3. The first-order valence-electron chi connectivity index (χ1n) is 5.16. The summed E-state index contributed by atoms with van der Waals surface area (Å²) in [4.78, 5) is 12.6. The molecule has 100 valence electrons. The van der Waals surface area contributed by atoms with Gasteiger partial charge in [0.15, 0.2) is 9.84 Å². The van der Waals surface area contributed by atoms with E-state index in [0.29, 0.717) is 11.3 Å². The SMILES string of the molecule is CN(C)C(=O)CS(=O)(=O)Cc1ccc(Br)cc1N. The molecule has 1 aromatic rings. The van der Waals surface area contributed by atoms with Crippen molar-refractivity contribution in [3.05, 3.63) is 28.2 Å². The number of hydrogen-bond donors (Lipinski definition) is 1. The van der Waals surface area contributed by atoms with Gasteiger partial charge in [0.2, 0.25) is 5.91 Å². The molecule has 0 unspecified atom stereocenters. The highest BCUT2D eigenvalue weighted by atomic mass is 79.9. The number of nitrogens with zero attached hydrogens (tertiary/aromatic N) is 1. The summed E-state index contributed by atoms with van der Waals surface area (Å²) in [7, 11) is -0.461. The average Bonchev–Trinajstić information content (AvgIpc) is 2.21. The predicted molar refractivity (Wildman–Crippen MR) is 74.7 cm³/mol. The van der Waals surface area contributed by atoms with Crippen LogP contribution < -0.4 is 5.73 Å². The lowest BCUT2D eigenvalue weighted by Crippen LogP contribution is -2.29. The lowest BCUT2D eigenvalue weighted by atomic mass is 10.2. The Morgan fingerprint density at radius 2 is 2.00 bits per heavy atom. The van der Waals surface area contributed by atoms with Crippen molar-refractivity contribution >= 4 is 37.4 Å². The number of carbonyl (C=O) groups is 1. The second-order valence-corrected chi connectivity index (χ2v) is 7.14. The van der Waals surface area contributed by atoms with E-state index in [0.717, 1.165) is 4.47 Å². The third-order valence-corrected chi connectivity index (χ3v) is 4.26. The van der Waals surface area contributed by atoms with Gasteiger partial charge in [0.25, 0.3) is 0 Å². The van der Waals surface area contributed by atoms with Crippen LogP contribution in [-0.4, -0.2) is 39.1 Å². The lowest BCUT2D eigenvalue weighted by Gasteiger charge is -2.11. The summed E-state index contributed by atoms with van der Waals surface area (Å²) in [5.74, 6) is -1.17. The van der Waals surface area contributed by atoms with Crippen molar-refractivity contribution in [1.82, 2.24) is 4.90 Å². The van der Waals surface area contributed by atoms with Crippen molar-refractivity contribution in [3.63, 3.8) is 0 Å². The lowest BCUT2D eigenvalue weighted by molar-refractivity contribution is -0.125. The molecule has 1 rings (SSSR count). The van der Waals surface area contributed by atoms with Crippen LogP contribution in [0.5, 0.6) is 0 Å². The van der Waals surface area contributed by atoms with Gasteiger partial charge in [-0.1, -0.05) is 22.0 Å². The summed E-state index contributed by atoms with van der Waals surface area (Å²) in [5.41, 5.74) is 6.63. The van der Waals surface area contributed by atoms with E-state index >= 15 is 0 Å². The Bertz CT molecular complexity index is 555. The molecular weight excluding hydrogens is 320 g/mol. The second-order valence-electron chi connectivity index (χ2n) is 4.16. The average molecular weight is 335 g/mol. The van der Waals surface area contributed by atoms with Crippen LogP contribution in [0.15, 0.2) is 22.7 Å². The molecule has 0 aliphatic heterocycles. The molecule has 0 saturated heterocycles. The molecule has 0 aliphatic carbocycles. The Morgan fingerprint density at radius 1 is 1.39 bits per heavy atom. The number of carbonyl (C=O) groups excluding carboxylic acids is 1. The fourth-order valence-electron chi connectivity index (χ4n) is 1.30. The van der Waals surface area contributed by atoms with E-state index in [9.17, 15) is 13.2 Å². The highest BCUT2D eigenvalue weighted by Crippen LogP contribution is 2.20. The van der Waals surface area contributed by atoms with Crippen LogP contribution in [0.1, 0.15) is 5.56 Å². The van der Waals surface area contributed by atoms with Gasteiger partial charge in [-0.2, -0.15) is 0 Å². The molecular formula is C11H15BrN2O3S. The molecule has 2 N–H and O–H groups in total. The van der Waals surface area contributed by atoms with E-state index in [-0.39, 0.29) is 5.75 Å². The fourth-order valence-corrected chi connectivity index (χ4v) is 3.15. The number of benzene rings is 1. The molecule has 0 bridgehead atoms. The molecule has 18 heavy (non-hydrogen) atoms. The smallest absolute Gasteiger partial charge is 0.237 e. The first-order chi connectivity index (χ1) is 8.21. The van der Waals surface area contributed by atoms with Gasteiger partial charge in [0.05, 0.1) is 5.75 Å². The van der Waals surface area contributed by atoms with E-state index < -0.39 is 21.5 Å². The van der Waals surface area contributed by atoms with Crippen LogP contribution in [0.25, 0.3) is 0 Å². The first kappa shape index (κ1) is 15.0. The fraction of sp³-hybridized carbons (Fsp3) is 0.364. The van der Waals surface area contributed by atoms with E-state index in [2.05, 4.69) is 15.9 Å². The first-order valence-corrected chi connectivity index (χ1v) is 7.77. The van der Waals surface area contributed by atoms with Gasteiger partial charge in [-0.3, -0.25) is 4.79 Å². The van der Waals surface area contributed by atoms with Gasteiger partial charge in [-0.25, -0.2) is 8.42 Å².